The van der Waals surface area contributed by atoms with Crippen molar-refractivity contribution in [1.82, 2.24) is 15.0 Å². The van der Waals surface area contributed by atoms with E-state index in [9.17, 15) is 0 Å². The van der Waals surface area contributed by atoms with Gasteiger partial charge in [0.2, 0.25) is 0 Å². The SMILES string of the molecule is Nc1ccc(-c2nc3ncc(Cl)c(Cl)c3[nH]2)cc1. The van der Waals surface area contributed by atoms with Crippen LogP contribution in [-0.4, -0.2) is 15.0 Å². The number of aromatic nitrogens is 3. The molecule has 3 aromatic rings. The molecule has 0 bridgehead atoms. The Morgan fingerprint density at radius 2 is 1.83 bits per heavy atom. The second kappa shape index (κ2) is 4.15. The number of rotatable bonds is 1. The van der Waals surface area contributed by atoms with Crippen LogP contribution in [-0.2, 0) is 0 Å². The van der Waals surface area contributed by atoms with Gasteiger partial charge in [0, 0.05) is 17.4 Å². The van der Waals surface area contributed by atoms with Crippen molar-refractivity contribution in [3.63, 3.8) is 0 Å². The molecule has 0 saturated heterocycles. The summed E-state index contributed by atoms with van der Waals surface area (Å²) in [5, 5.41) is 0.826. The first-order chi connectivity index (χ1) is 8.65. The molecular formula is C12H8Cl2N4. The Labute approximate surface area is 113 Å². The monoisotopic (exact) mass is 278 g/mol. The summed E-state index contributed by atoms with van der Waals surface area (Å²) >= 11 is 12.0. The molecule has 0 atom stereocenters. The summed E-state index contributed by atoms with van der Waals surface area (Å²) in [6.45, 7) is 0. The molecule has 18 heavy (non-hydrogen) atoms. The molecule has 90 valence electrons. The highest BCUT2D eigenvalue weighted by molar-refractivity contribution is 6.44. The number of hydrogen-bond donors (Lipinski definition) is 2. The third-order valence-corrected chi connectivity index (χ3v) is 3.37. The summed E-state index contributed by atoms with van der Waals surface area (Å²) in [4.78, 5) is 11.6. The Morgan fingerprint density at radius 1 is 1.11 bits per heavy atom. The van der Waals surface area contributed by atoms with Crippen molar-refractivity contribution < 1.29 is 0 Å². The van der Waals surface area contributed by atoms with Crippen molar-refractivity contribution in [3.05, 3.63) is 40.5 Å². The summed E-state index contributed by atoms with van der Waals surface area (Å²) in [7, 11) is 0. The fourth-order valence-corrected chi connectivity index (χ4v) is 2.01. The molecule has 0 spiro atoms. The van der Waals surface area contributed by atoms with Gasteiger partial charge in [-0.25, -0.2) is 9.97 Å². The largest absolute Gasteiger partial charge is 0.399 e. The van der Waals surface area contributed by atoms with E-state index >= 15 is 0 Å². The second-order valence-corrected chi connectivity index (χ2v) is 4.61. The molecule has 0 aliphatic rings. The van der Waals surface area contributed by atoms with Crippen LogP contribution in [0.2, 0.25) is 10.0 Å². The number of imidazole rings is 1. The van der Waals surface area contributed by atoms with E-state index in [1.54, 1.807) is 0 Å². The summed E-state index contributed by atoms with van der Waals surface area (Å²) in [5.74, 6) is 0.682. The Bertz CT molecular complexity index is 719. The fourth-order valence-electron chi connectivity index (χ4n) is 1.68. The van der Waals surface area contributed by atoms with Gasteiger partial charge in [-0.05, 0) is 24.3 Å². The molecule has 6 heteroatoms. The zero-order valence-electron chi connectivity index (χ0n) is 9.11. The highest BCUT2D eigenvalue weighted by Gasteiger charge is 2.11. The zero-order valence-corrected chi connectivity index (χ0v) is 10.6. The molecule has 2 aromatic heterocycles. The highest BCUT2D eigenvalue weighted by Crippen LogP contribution is 2.29. The third-order valence-electron chi connectivity index (χ3n) is 2.60. The Hall–Kier alpha value is -1.78. The van der Waals surface area contributed by atoms with Gasteiger partial charge in [-0.2, -0.15) is 0 Å². The van der Waals surface area contributed by atoms with Crippen LogP contribution in [0.4, 0.5) is 5.69 Å². The fraction of sp³-hybridized carbons (Fsp3) is 0. The van der Waals surface area contributed by atoms with E-state index in [2.05, 4.69) is 15.0 Å². The quantitative estimate of drug-likeness (QED) is 0.670. The van der Waals surface area contributed by atoms with Crippen molar-refractivity contribution in [2.45, 2.75) is 0 Å². The van der Waals surface area contributed by atoms with Crippen LogP contribution < -0.4 is 5.73 Å². The molecule has 0 saturated carbocycles. The minimum absolute atomic E-state index is 0.400. The van der Waals surface area contributed by atoms with Crippen LogP contribution in [0, 0.1) is 0 Å². The topological polar surface area (TPSA) is 67.6 Å². The van der Waals surface area contributed by atoms with E-state index < -0.39 is 0 Å². The van der Waals surface area contributed by atoms with Crippen molar-refractivity contribution in [2.75, 3.05) is 5.73 Å². The number of nitrogens with two attached hydrogens (primary N) is 1. The molecule has 0 unspecified atom stereocenters. The number of fused-ring (bicyclic) bond motifs is 1. The Kier molecular flexibility index (Phi) is 2.61. The van der Waals surface area contributed by atoms with Crippen molar-refractivity contribution in [2.24, 2.45) is 0 Å². The predicted molar refractivity (Wildman–Crippen MR) is 73.8 cm³/mol. The van der Waals surface area contributed by atoms with Gasteiger partial charge in [0.05, 0.1) is 10.0 Å². The van der Waals surface area contributed by atoms with E-state index in [1.807, 2.05) is 24.3 Å². The van der Waals surface area contributed by atoms with Crippen molar-refractivity contribution >= 4 is 40.1 Å². The third kappa shape index (κ3) is 1.79. The average Bonchev–Trinajstić information content (AvgIpc) is 2.80. The summed E-state index contributed by atoms with van der Waals surface area (Å²) in [5.41, 5.74) is 8.43. The molecule has 4 nitrogen and oxygen atoms in total. The Morgan fingerprint density at radius 3 is 2.56 bits per heavy atom. The number of halogens is 2. The van der Waals surface area contributed by atoms with Gasteiger partial charge in [0.1, 0.15) is 11.3 Å². The molecule has 0 amide bonds. The smallest absolute Gasteiger partial charge is 0.179 e. The lowest BCUT2D eigenvalue weighted by Crippen LogP contribution is -1.84. The summed E-state index contributed by atoms with van der Waals surface area (Å²) < 4.78 is 0. The summed E-state index contributed by atoms with van der Waals surface area (Å²) in [6.07, 6.45) is 1.49. The van der Waals surface area contributed by atoms with E-state index in [-0.39, 0.29) is 0 Å². The van der Waals surface area contributed by atoms with Gasteiger partial charge >= 0.3 is 0 Å². The van der Waals surface area contributed by atoms with Gasteiger partial charge in [-0.15, -0.1) is 0 Å². The van der Waals surface area contributed by atoms with Crippen LogP contribution >= 0.6 is 23.2 Å². The number of nitrogens with zero attached hydrogens (tertiary/aromatic N) is 2. The normalized spacial score (nSPS) is 11.0. The minimum atomic E-state index is 0.400. The molecule has 1 aromatic carbocycles. The lowest BCUT2D eigenvalue weighted by Gasteiger charge is -1.96. The first kappa shape index (κ1) is 11.3. The van der Waals surface area contributed by atoms with E-state index in [0.29, 0.717) is 32.7 Å². The molecular weight excluding hydrogens is 271 g/mol. The molecule has 0 aliphatic carbocycles. The van der Waals surface area contributed by atoms with Crippen LogP contribution in [0.3, 0.4) is 0 Å². The van der Waals surface area contributed by atoms with Gasteiger partial charge in [-0.3, -0.25) is 0 Å². The number of hydrogen-bond acceptors (Lipinski definition) is 3. The number of nitrogen functional groups attached to an aromatic ring is 1. The maximum atomic E-state index is 6.09. The van der Waals surface area contributed by atoms with Crippen LogP contribution in [0.25, 0.3) is 22.6 Å². The second-order valence-electron chi connectivity index (χ2n) is 3.83. The van der Waals surface area contributed by atoms with E-state index in [4.69, 9.17) is 28.9 Å². The number of nitrogens with one attached hydrogen (secondary N) is 1. The molecule has 0 radical (unpaired) electrons. The van der Waals surface area contributed by atoms with E-state index in [0.717, 1.165) is 5.56 Å². The Balaban J connectivity index is 2.19. The number of benzene rings is 1. The van der Waals surface area contributed by atoms with Crippen LogP contribution in [0.15, 0.2) is 30.5 Å². The maximum absolute atomic E-state index is 6.09. The lowest BCUT2D eigenvalue weighted by molar-refractivity contribution is 1.30. The number of H-pyrrole nitrogens is 1. The van der Waals surface area contributed by atoms with E-state index in [1.165, 1.54) is 6.20 Å². The maximum Gasteiger partial charge on any atom is 0.179 e. The number of anilines is 1. The minimum Gasteiger partial charge on any atom is -0.399 e. The first-order valence-corrected chi connectivity index (χ1v) is 5.96. The zero-order chi connectivity index (χ0) is 12.7. The first-order valence-electron chi connectivity index (χ1n) is 5.21. The number of aromatic amines is 1. The standard InChI is InChI=1S/C12H8Cl2N4/c13-8-5-16-12-10(9(8)14)17-11(18-12)6-1-3-7(15)4-2-6/h1-5H,15H2,(H,16,17,18). The highest BCUT2D eigenvalue weighted by atomic mass is 35.5. The van der Waals surface area contributed by atoms with Crippen molar-refractivity contribution in [1.29, 1.82) is 0 Å². The predicted octanol–water partition coefficient (Wildman–Crippen LogP) is 3.51. The van der Waals surface area contributed by atoms with Gasteiger partial charge < -0.3 is 10.7 Å². The number of pyridine rings is 1. The van der Waals surface area contributed by atoms with Gasteiger partial charge in [0.25, 0.3) is 0 Å². The molecule has 0 fully saturated rings. The molecule has 3 N–H and O–H groups in total. The lowest BCUT2D eigenvalue weighted by atomic mass is 10.2. The van der Waals surface area contributed by atoms with Crippen molar-refractivity contribution in [3.8, 4) is 11.4 Å². The van der Waals surface area contributed by atoms with Crippen LogP contribution in [0.1, 0.15) is 0 Å². The van der Waals surface area contributed by atoms with Gasteiger partial charge in [0.15, 0.2) is 5.65 Å². The summed E-state index contributed by atoms with van der Waals surface area (Å²) in [6, 6.07) is 7.38. The molecule has 3 rings (SSSR count). The van der Waals surface area contributed by atoms with Crippen LogP contribution in [0.5, 0.6) is 0 Å². The average molecular weight is 279 g/mol. The molecule has 2 heterocycles. The van der Waals surface area contributed by atoms with Gasteiger partial charge in [-0.1, -0.05) is 23.2 Å². The molecule has 0 aliphatic heterocycles.